The Morgan fingerprint density at radius 1 is 1.07 bits per heavy atom. The molecule has 1 aromatic rings. The predicted octanol–water partition coefficient (Wildman–Crippen LogP) is 3.61. The van der Waals surface area contributed by atoms with Crippen molar-refractivity contribution in [2.24, 2.45) is 5.41 Å². The molecule has 2 amide bonds. The number of anilines is 1. The normalized spacial score (nSPS) is 25.2. The first-order valence-corrected chi connectivity index (χ1v) is 11.7. The Hall–Kier alpha value is -1.51. The van der Waals surface area contributed by atoms with Crippen LogP contribution in [0.3, 0.4) is 0 Å². The van der Waals surface area contributed by atoms with E-state index in [9.17, 15) is 9.59 Å². The maximum atomic E-state index is 12.7. The molecule has 0 radical (unpaired) electrons. The molecule has 1 spiro atoms. The summed E-state index contributed by atoms with van der Waals surface area (Å²) < 4.78 is 12.0. The number of carbonyl (C=O) groups is 2. The summed E-state index contributed by atoms with van der Waals surface area (Å²) in [6, 6.07) is 0. The van der Waals surface area contributed by atoms with E-state index in [1.54, 1.807) is 6.20 Å². The van der Waals surface area contributed by atoms with Gasteiger partial charge >= 0.3 is 0 Å². The van der Waals surface area contributed by atoms with Gasteiger partial charge in [-0.1, -0.05) is 19.3 Å². The third-order valence-corrected chi connectivity index (χ3v) is 7.16. The first-order chi connectivity index (χ1) is 14.1. The lowest BCUT2D eigenvalue weighted by atomic mass is 9.69. The Morgan fingerprint density at radius 3 is 2.52 bits per heavy atom. The topological polar surface area (TPSA) is 89.6 Å². The molecule has 3 aliphatic rings. The molecule has 29 heavy (non-hydrogen) atoms. The van der Waals surface area contributed by atoms with Crippen molar-refractivity contribution in [1.82, 2.24) is 10.3 Å². The molecule has 1 saturated heterocycles. The maximum absolute atomic E-state index is 12.7. The molecule has 1 atom stereocenters. The smallest absolute Gasteiger partial charge is 0.226 e. The van der Waals surface area contributed by atoms with E-state index in [2.05, 4.69) is 15.6 Å². The Bertz CT molecular complexity index is 697. The number of rotatable bonds is 7. The summed E-state index contributed by atoms with van der Waals surface area (Å²) in [6.45, 7) is 1.02. The van der Waals surface area contributed by atoms with Crippen LogP contribution in [0.2, 0.25) is 0 Å². The van der Waals surface area contributed by atoms with Crippen LogP contribution in [0.15, 0.2) is 11.6 Å². The summed E-state index contributed by atoms with van der Waals surface area (Å²) >= 11 is 1.41. The van der Waals surface area contributed by atoms with Gasteiger partial charge in [0.2, 0.25) is 11.8 Å². The van der Waals surface area contributed by atoms with Crippen LogP contribution >= 0.6 is 11.3 Å². The third kappa shape index (κ3) is 5.35. The zero-order chi connectivity index (χ0) is 20.2. The average Bonchev–Trinajstić information content (AvgIpc) is 3.45. The molecule has 160 valence electrons. The second-order valence-electron chi connectivity index (χ2n) is 8.77. The van der Waals surface area contributed by atoms with Gasteiger partial charge in [0.1, 0.15) is 6.10 Å². The summed E-state index contributed by atoms with van der Waals surface area (Å²) in [5, 5.41) is 8.36. The van der Waals surface area contributed by atoms with E-state index >= 15 is 0 Å². The first-order valence-electron chi connectivity index (χ1n) is 10.8. The fourth-order valence-electron chi connectivity index (χ4n) is 5.03. The standard InChI is InChI=1S/C21H31N3O4S/c25-17(23-14-16-15-27-21(28-16)8-4-5-9-21)12-20(6-2-1-3-7-20)13-18(26)24-19-22-10-11-29-19/h10-11,16H,1-9,12-15H2,(H,23,25)(H,22,24,26)/t16-/m0/s1. The molecule has 2 heterocycles. The molecule has 2 saturated carbocycles. The van der Waals surface area contributed by atoms with Gasteiger partial charge in [0, 0.05) is 43.8 Å². The van der Waals surface area contributed by atoms with E-state index in [1.807, 2.05) is 5.38 Å². The Labute approximate surface area is 175 Å². The summed E-state index contributed by atoms with van der Waals surface area (Å²) in [4.78, 5) is 29.4. The summed E-state index contributed by atoms with van der Waals surface area (Å²) in [5.74, 6) is -0.441. The van der Waals surface area contributed by atoms with Crippen molar-refractivity contribution in [2.75, 3.05) is 18.5 Å². The fourth-order valence-corrected chi connectivity index (χ4v) is 5.58. The molecule has 8 heteroatoms. The van der Waals surface area contributed by atoms with Gasteiger partial charge in [0.15, 0.2) is 10.9 Å². The number of nitrogens with zero attached hydrogens (tertiary/aromatic N) is 1. The SMILES string of the molecule is O=C(CC1(CC(=O)Nc2nccs2)CCCCC1)NC[C@H]1COC2(CCCC2)O1. The van der Waals surface area contributed by atoms with Crippen LogP contribution in [0, 0.1) is 5.41 Å². The van der Waals surface area contributed by atoms with Crippen LogP contribution in [0.1, 0.15) is 70.6 Å². The van der Waals surface area contributed by atoms with Gasteiger partial charge in [-0.05, 0) is 31.1 Å². The van der Waals surface area contributed by atoms with Crippen LogP contribution in [-0.4, -0.2) is 41.8 Å². The number of amides is 2. The van der Waals surface area contributed by atoms with Crippen LogP contribution < -0.4 is 10.6 Å². The first kappa shape index (κ1) is 20.8. The van der Waals surface area contributed by atoms with Crippen LogP contribution in [0.5, 0.6) is 0 Å². The molecule has 2 N–H and O–H groups in total. The minimum absolute atomic E-state index is 0.00456. The zero-order valence-electron chi connectivity index (χ0n) is 16.9. The highest BCUT2D eigenvalue weighted by molar-refractivity contribution is 7.13. The molecular formula is C21H31N3O4S. The number of ether oxygens (including phenoxy) is 2. The van der Waals surface area contributed by atoms with Crippen molar-refractivity contribution < 1.29 is 19.1 Å². The zero-order valence-corrected chi connectivity index (χ0v) is 17.7. The van der Waals surface area contributed by atoms with Gasteiger partial charge in [0.05, 0.1) is 6.61 Å². The molecule has 1 aliphatic heterocycles. The van der Waals surface area contributed by atoms with Crippen molar-refractivity contribution in [3.05, 3.63) is 11.6 Å². The van der Waals surface area contributed by atoms with Crippen LogP contribution in [0.25, 0.3) is 0 Å². The van der Waals surface area contributed by atoms with E-state index in [1.165, 1.54) is 17.8 Å². The van der Waals surface area contributed by atoms with Crippen molar-refractivity contribution in [3.63, 3.8) is 0 Å². The number of nitrogens with one attached hydrogen (secondary N) is 2. The highest BCUT2D eigenvalue weighted by Gasteiger charge is 2.44. The second-order valence-corrected chi connectivity index (χ2v) is 9.67. The summed E-state index contributed by atoms with van der Waals surface area (Å²) in [5.41, 5.74) is -0.261. The fraction of sp³-hybridized carbons (Fsp3) is 0.762. The third-order valence-electron chi connectivity index (χ3n) is 6.47. The number of hydrogen-bond acceptors (Lipinski definition) is 6. The lowest BCUT2D eigenvalue weighted by molar-refractivity contribution is -0.161. The van der Waals surface area contributed by atoms with Gasteiger partial charge in [-0.2, -0.15) is 0 Å². The Balaban J connectivity index is 1.28. The van der Waals surface area contributed by atoms with E-state index in [4.69, 9.17) is 9.47 Å². The molecule has 0 bridgehead atoms. The Kier molecular flexibility index (Phi) is 6.51. The van der Waals surface area contributed by atoms with Gasteiger partial charge in [0.25, 0.3) is 0 Å². The van der Waals surface area contributed by atoms with E-state index in [0.717, 1.165) is 51.4 Å². The minimum Gasteiger partial charge on any atom is -0.353 e. The van der Waals surface area contributed by atoms with Crippen LogP contribution in [0.4, 0.5) is 5.13 Å². The molecule has 2 aliphatic carbocycles. The number of thiazole rings is 1. The molecule has 1 aromatic heterocycles. The lowest BCUT2D eigenvalue weighted by Gasteiger charge is -2.36. The molecular weight excluding hydrogens is 390 g/mol. The molecule has 0 unspecified atom stereocenters. The van der Waals surface area contributed by atoms with Gasteiger partial charge in [-0.3, -0.25) is 9.59 Å². The largest absolute Gasteiger partial charge is 0.353 e. The van der Waals surface area contributed by atoms with E-state index < -0.39 is 5.79 Å². The Morgan fingerprint density at radius 2 is 1.79 bits per heavy atom. The lowest BCUT2D eigenvalue weighted by Crippen LogP contribution is -2.39. The number of aromatic nitrogens is 1. The monoisotopic (exact) mass is 421 g/mol. The predicted molar refractivity (Wildman–Crippen MR) is 111 cm³/mol. The van der Waals surface area contributed by atoms with Gasteiger partial charge in [-0.15, -0.1) is 11.3 Å². The quantitative estimate of drug-likeness (QED) is 0.702. The summed E-state index contributed by atoms with van der Waals surface area (Å²) in [6.07, 6.45) is 11.7. The highest BCUT2D eigenvalue weighted by atomic mass is 32.1. The van der Waals surface area contributed by atoms with E-state index in [0.29, 0.717) is 31.1 Å². The van der Waals surface area contributed by atoms with Gasteiger partial charge < -0.3 is 20.1 Å². The van der Waals surface area contributed by atoms with Crippen LogP contribution in [-0.2, 0) is 19.1 Å². The second kappa shape index (κ2) is 9.10. The molecule has 0 aromatic carbocycles. The molecule has 3 fully saturated rings. The molecule has 4 rings (SSSR count). The van der Waals surface area contributed by atoms with E-state index in [-0.39, 0.29) is 23.3 Å². The molecule has 7 nitrogen and oxygen atoms in total. The van der Waals surface area contributed by atoms with Crippen molar-refractivity contribution in [2.45, 2.75) is 82.5 Å². The highest BCUT2D eigenvalue weighted by Crippen LogP contribution is 2.43. The average molecular weight is 422 g/mol. The number of carbonyl (C=O) groups excluding carboxylic acids is 2. The van der Waals surface area contributed by atoms with Crippen molar-refractivity contribution >= 4 is 28.3 Å². The van der Waals surface area contributed by atoms with Crippen molar-refractivity contribution in [3.8, 4) is 0 Å². The minimum atomic E-state index is -0.395. The van der Waals surface area contributed by atoms with Crippen molar-refractivity contribution in [1.29, 1.82) is 0 Å². The number of hydrogen-bond donors (Lipinski definition) is 2. The van der Waals surface area contributed by atoms with Gasteiger partial charge in [-0.25, -0.2) is 4.98 Å². The summed E-state index contributed by atoms with van der Waals surface area (Å²) in [7, 11) is 0. The maximum Gasteiger partial charge on any atom is 0.226 e.